The molecular weight excluding hydrogens is 402 g/mol. The van der Waals surface area contributed by atoms with Gasteiger partial charge in [-0.05, 0) is 67.7 Å². The van der Waals surface area contributed by atoms with E-state index < -0.39 is 6.03 Å². The fourth-order valence-corrected chi connectivity index (χ4v) is 3.11. The van der Waals surface area contributed by atoms with Gasteiger partial charge in [-0.2, -0.15) is 5.26 Å². The summed E-state index contributed by atoms with van der Waals surface area (Å²) in [5, 5.41) is 17.3. The van der Waals surface area contributed by atoms with Crippen LogP contribution >= 0.6 is 0 Å². The standard InChI is InChI=1S/C25H25N5O2/c1-30(2)17-18-9-11-22(12-10-18)28-24(31)21-7-3-6-20(13-21)16-27-25(32)29-23-8-4-5-19(14-23)15-26/h3-14H,16-17H2,1-2H3,(H,28,31)(H2,27,29,32). The smallest absolute Gasteiger partial charge is 0.319 e. The zero-order valence-corrected chi connectivity index (χ0v) is 18.1. The van der Waals surface area contributed by atoms with E-state index in [0.29, 0.717) is 16.8 Å². The van der Waals surface area contributed by atoms with Gasteiger partial charge in [0, 0.05) is 30.0 Å². The number of hydrogen-bond acceptors (Lipinski definition) is 4. The number of hydrogen-bond donors (Lipinski definition) is 3. The van der Waals surface area contributed by atoms with Crippen molar-refractivity contribution in [2.24, 2.45) is 0 Å². The number of carbonyl (C=O) groups excluding carboxylic acids is 2. The van der Waals surface area contributed by atoms with E-state index in [1.807, 2.05) is 50.5 Å². The van der Waals surface area contributed by atoms with Gasteiger partial charge in [-0.15, -0.1) is 0 Å². The van der Waals surface area contributed by atoms with Gasteiger partial charge >= 0.3 is 6.03 Å². The second-order valence-electron chi connectivity index (χ2n) is 7.59. The number of nitriles is 1. The summed E-state index contributed by atoms with van der Waals surface area (Å²) in [5.74, 6) is -0.218. The van der Waals surface area contributed by atoms with Gasteiger partial charge in [0.1, 0.15) is 0 Å². The Morgan fingerprint density at radius 2 is 1.62 bits per heavy atom. The Morgan fingerprint density at radius 3 is 2.34 bits per heavy atom. The molecule has 0 heterocycles. The first-order valence-electron chi connectivity index (χ1n) is 10.1. The van der Waals surface area contributed by atoms with Crippen LogP contribution in [-0.4, -0.2) is 30.9 Å². The average Bonchev–Trinajstić information content (AvgIpc) is 2.79. The first kappa shape index (κ1) is 22.5. The summed E-state index contributed by atoms with van der Waals surface area (Å²) < 4.78 is 0. The minimum Gasteiger partial charge on any atom is -0.334 e. The minimum atomic E-state index is -0.396. The number of carbonyl (C=O) groups is 2. The van der Waals surface area contributed by atoms with Crippen LogP contribution in [0.2, 0.25) is 0 Å². The fraction of sp³-hybridized carbons (Fsp3) is 0.160. The zero-order chi connectivity index (χ0) is 22.9. The Morgan fingerprint density at radius 1 is 0.875 bits per heavy atom. The molecule has 0 radical (unpaired) electrons. The summed E-state index contributed by atoms with van der Waals surface area (Å²) in [5.41, 5.74) is 4.18. The number of nitrogens with one attached hydrogen (secondary N) is 3. The molecule has 3 rings (SSSR count). The topological polar surface area (TPSA) is 97.3 Å². The van der Waals surface area contributed by atoms with E-state index in [1.54, 1.807) is 42.5 Å². The van der Waals surface area contributed by atoms with Crippen LogP contribution in [0.25, 0.3) is 0 Å². The van der Waals surface area contributed by atoms with Crippen molar-refractivity contribution in [2.75, 3.05) is 24.7 Å². The van der Waals surface area contributed by atoms with Crippen LogP contribution in [0.1, 0.15) is 27.0 Å². The van der Waals surface area contributed by atoms with E-state index in [4.69, 9.17) is 5.26 Å². The van der Waals surface area contributed by atoms with Gasteiger partial charge in [0.05, 0.1) is 11.6 Å². The average molecular weight is 428 g/mol. The highest BCUT2D eigenvalue weighted by atomic mass is 16.2. The minimum absolute atomic E-state index is 0.218. The van der Waals surface area contributed by atoms with Crippen LogP contribution in [0.4, 0.5) is 16.2 Å². The molecular formula is C25H25N5O2. The quantitative estimate of drug-likeness (QED) is 0.527. The molecule has 0 spiro atoms. The predicted molar refractivity (Wildman–Crippen MR) is 125 cm³/mol. The Hall–Kier alpha value is -4.15. The molecule has 3 amide bonds. The van der Waals surface area contributed by atoms with Crippen LogP contribution in [0.3, 0.4) is 0 Å². The summed E-state index contributed by atoms with van der Waals surface area (Å²) in [6, 6.07) is 23.1. The van der Waals surface area contributed by atoms with Crippen molar-refractivity contribution in [1.82, 2.24) is 10.2 Å². The van der Waals surface area contributed by atoms with Crippen LogP contribution in [-0.2, 0) is 13.1 Å². The lowest BCUT2D eigenvalue weighted by molar-refractivity contribution is 0.102. The Kier molecular flexibility index (Phi) is 7.57. The lowest BCUT2D eigenvalue weighted by atomic mass is 10.1. The number of rotatable bonds is 7. The molecule has 3 N–H and O–H groups in total. The molecule has 0 aliphatic rings. The largest absolute Gasteiger partial charge is 0.334 e. The maximum absolute atomic E-state index is 12.6. The molecule has 0 unspecified atom stereocenters. The van der Waals surface area contributed by atoms with Crippen molar-refractivity contribution in [3.63, 3.8) is 0 Å². The summed E-state index contributed by atoms with van der Waals surface area (Å²) >= 11 is 0. The van der Waals surface area contributed by atoms with E-state index in [-0.39, 0.29) is 12.5 Å². The van der Waals surface area contributed by atoms with Crippen molar-refractivity contribution >= 4 is 23.3 Å². The van der Waals surface area contributed by atoms with Gasteiger partial charge in [-0.1, -0.05) is 30.3 Å². The Balaban J connectivity index is 1.55. The van der Waals surface area contributed by atoms with E-state index in [2.05, 4.69) is 20.9 Å². The molecule has 0 aliphatic heterocycles. The van der Waals surface area contributed by atoms with Crippen LogP contribution in [0.15, 0.2) is 72.8 Å². The number of benzene rings is 3. The number of amides is 3. The van der Waals surface area contributed by atoms with Gasteiger partial charge in [0.15, 0.2) is 0 Å². The molecule has 0 bridgehead atoms. The van der Waals surface area contributed by atoms with Crippen LogP contribution in [0.5, 0.6) is 0 Å². The van der Waals surface area contributed by atoms with Crippen molar-refractivity contribution in [3.05, 3.63) is 95.1 Å². The van der Waals surface area contributed by atoms with Crippen molar-refractivity contribution in [2.45, 2.75) is 13.1 Å². The molecule has 7 nitrogen and oxygen atoms in total. The second kappa shape index (κ2) is 10.8. The predicted octanol–water partition coefficient (Wildman–Crippen LogP) is 4.19. The van der Waals surface area contributed by atoms with Crippen molar-refractivity contribution in [1.29, 1.82) is 5.26 Å². The van der Waals surface area contributed by atoms with Crippen molar-refractivity contribution < 1.29 is 9.59 Å². The normalized spacial score (nSPS) is 10.3. The second-order valence-corrected chi connectivity index (χ2v) is 7.59. The number of nitrogens with zero attached hydrogens (tertiary/aromatic N) is 2. The molecule has 0 saturated heterocycles. The lowest BCUT2D eigenvalue weighted by Gasteiger charge is -2.11. The summed E-state index contributed by atoms with van der Waals surface area (Å²) in [6.45, 7) is 1.09. The van der Waals surface area contributed by atoms with Gasteiger partial charge in [0.25, 0.3) is 5.91 Å². The third-order valence-electron chi connectivity index (χ3n) is 4.60. The number of anilines is 2. The lowest BCUT2D eigenvalue weighted by Crippen LogP contribution is -2.28. The summed E-state index contributed by atoms with van der Waals surface area (Å²) in [7, 11) is 4.01. The third-order valence-corrected chi connectivity index (χ3v) is 4.60. The highest BCUT2D eigenvalue weighted by molar-refractivity contribution is 6.04. The summed E-state index contributed by atoms with van der Waals surface area (Å²) in [6.07, 6.45) is 0. The molecule has 0 aliphatic carbocycles. The van der Waals surface area contributed by atoms with Crippen molar-refractivity contribution in [3.8, 4) is 6.07 Å². The monoisotopic (exact) mass is 427 g/mol. The molecule has 0 aromatic heterocycles. The molecule has 0 atom stereocenters. The molecule has 32 heavy (non-hydrogen) atoms. The Labute approximate surface area is 187 Å². The summed E-state index contributed by atoms with van der Waals surface area (Å²) in [4.78, 5) is 26.9. The van der Waals surface area contributed by atoms with E-state index in [1.165, 1.54) is 5.56 Å². The van der Waals surface area contributed by atoms with E-state index in [0.717, 1.165) is 17.8 Å². The van der Waals surface area contributed by atoms with Gasteiger partial charge < -0.3 is 20.9 Å². The first-order valence-corrected chi connectivity index (χ1v) is 10.1. The molecule has 162 valence electrons. The van der Waals surface area contributed by atoms with Crippen LogP contribution < -0.4 is 16.0 Å². The molecule has 0 saturated carbocycles. The van der Waals surface area contributed by atoms with Gasteiger partial charge in [-0.25, -0.2) is 4.79 Å². The van der Waals surface area contributed by atoms with Crippen LogP contribution in [0, 0.1) is 11.3 Å². The van der Waals surface area contributed by atoms with Gasteiger partial charge in [-0.3, -0.25) is 4.79 Å². The number of urea groups is 1. The van der Waals surface area contributed by atoms with Gasteiger partial charge in [0.2, 0.25) is 0 Å². The molecule has 7 heteroatoms. The maximum atomic E-state index is 12.6. The molecule has 0 fully saturated rings. The van der Waals surface area contributed by atoms with E-state index >= 15 is 0 Å². The first-order chi connectivity index (χ1) is 15.4. The highest BCUT2D eigenvalue weighted by Crippen LogP contribution is 2.14. The SMILES string of the molecule is CN(C)Cc1ccc(NC(=O)c2cccc(CNC(=O)Nc3cccc(C#N)c3)c2)cc1. The molecule has 3 aromatic rings. The maximum Gasteiger partial charge on any atom is 0.319 e. The van der Waals surface area contributed by atoms with E-state index in [9.17, 15) is 9.59 Å². The molecule has 3 aromatic carbocycles. The highest BCUT2D eigenvalue weighted by Gasteiger charge is 2.08. The third kappa shape index (κ3) is 6.69. The Bertz CT molecular complexity index is 1130. The zero-order valence-electron chi connectivity index (χ0n) is 18.1. The fourth-order valence-electron chi connectivity index (χ4n) is 3.11.